The molecule has 128 valence electrons. The Labute approximate surface area is 150 Å². The predicted octanol–water partition coefficient (Wildman–Crippen LogP) is 2.34. The van der Waals surface area contributed by atoms with Crippen LogP contribution in [0.25, 0.3) is 5.65 Å². The summed E-state index contributed by atoms with van der Waals surface area (Å²) in [6.45, 7) is 3.97. The topological polar surface area (TPSA) is 53.7 Å². The van der Waals surface area contributed by atoms with Crippen LogP contribution in [0.4, 0.5) is 0 Å². The molecule has 1 fully saturated rings. The van der Waals surface area contributed by atoms with Crippen molar-refractivity contribution in [2.75, 3.05) is 26.2 Å². The van der Waals surface area contributed by atoms with Crippen molar-refractivity contribution in [3.63, 3.8) is 0 Å². The van der Waals surface area contributed by atoms with Crippen molar-refractivity contribution in [2.45, 2.75) is 6.54 Å². The Bertz CT molecular complexity index is 851. The second-order valence-electron chi connectivity index (χ2n) is 6.15. The molecule has 0 N–H and O–H groups in total. The first-order chi connectivity index (χ1) is 12.2. The predicted molar refractivity (Wildman–Crippen MR) is 95.6 cm³/mol. The zero-order chi connectivity index (χ0) is 17.2. The Morgan fingerprint density at radius 3 is 2.60 bits per heavy atom. The van der Waals surface area contributed by atoms with Crippen LogP contribution in [0, 0.1) is 0 Å². The largest absolute Gasteiger partial charge is 0.335 e. The van der Waals surface area contributed by atoms with Crippen LogP contribution in [-0.2, 0) is 6.54 Å². The van der Waals surface area contributed by atoms with E-state index in [1.807, 2.05) is 29.2 Å². The van der Waals surface area contributed by atoms with Gasteiger partial charge in [-0.15, -0.1) is 0 Å². The van der Waals surface area contributed by atoms with Crippen LogP contribution in [0.1, 0.15) is 16.1 Å². The number of aromatic nitrogens is 3. The fraction of sp³-hybridized carbons (Fsp3) is 0.278. The minimum atomic E-state index is -0.0309. The third kappa shape index (κ3) is 3.50. The van der Waals surface area contributed by atoms with E-state index in [9.17, 15) is 4.79 Å². The molecule has 1 saturated heterocycles. The molecular weight excluding hydrogens is 338 g/mol. The quantitative estimate of drug-likeness (QED) is 0.723. The lowest BCUT2D eigenvalue weighted by atomic mass is 10.2. The van der Waals surface area contributed by atoms with Crippen molar-refractivity contribution >= 4 is 23.2 Å². The van der Waals surface area contributed by atoms with Gasteiger partial charge in [0.25, 0.3) is 5.91 Å². The van der Waals surface area contributed by atoms with Gasteiger partial charge in [0.2, 0.25) is 0 Å². The summed E-state index contributed by atoms with van der Waals surface area (Å²) in [4.78, 5) is 21.1. The van der Waals surface area contributed by atoms with E-state index in [4.69, 9.17) is 11.6 Å². The minimum Gasteiger partial charge on any atom is -0.335 e. The van der Waals surface area contributed by atoms with Gasteiger partial charge in [0.05, 0.1) is 0 Å². The van der Waals surface area contributed by atoms with Crippen LogP contribution >= 0.6 is 11.6 Å². The highest BCUT2D eigenvalue weighted by Gasteiger charge is 2.24. The second-order valence-corrected chi connectivity index (χ2v) is 6.58. The van der Waals surface area contributed by atoms with Gasteiger partial charge in [-0.25, -0.2) is 9.50 Å². The number of carbonyl (C=O) groups excluding carboxylic acids is 1. The maximum absolute atomic E-state index is 12.7. The number of halogens is 1. The number of carbonyl (C=O) groups is 1. The molecule has 0 radical (unpaired) electrons. The zero-order valence-electron chi connectivity index (χ0n) is 13.7. The highest BCUT2D eigenvalue weighted by atomic mass is 35.5. The van der Waals surface area contributed by atoms with Gasteiger partial charge in [0, 0.05) is 56.2 Å². The van der Waals surface area contributed by atoms with Crippen LogP contribution < -0.4 is 0 Å². The van der Waals surface area contributed by atoms with Gasteiger partial charge < -0.3 is 4.90 Å². The molecule has 3 heterocycles. The van der Waals surface area contributed by atoms with E-state index in [0.717, 1.165) is 24.7 Å². The molecule has 0 unspecified atom stereocenters. The first-order valence-electron chi connectivity index (χ1n) is 8.25. The molecule has 6 nitrogen and oxygen atoms in total. The van der Waals surface area contributed by atoms with E-state index in [1.54, 1.807) is 29.0 Å². The summed E-state index contributed by atoms with van der Waals surface area (Å²) in [5.41, 5.74) is 2.37. The third-order valence-electron chi connectivity index (χ3n) is 4.43. The molecule has 7 heteroatoms. The summed E-state index contributed by atoms with van der Waals surface area (Å²) in [6, 6.07) is 11.4. The fourth-order valence-corrected chi connectivity index (χ4v) is 3.18. The molecule has 2 aromatic heterocycles. The van der Waals surface area contributed by atoms with Gasteiger partial charge in [0.15, 0.2) is 11.3 Å². The van der Waals surface area contributed by atoms with Gasteiger partial charge in [0.1, 0.15) is 0 Å². The second kappa shape index (κ2) is 6.82. The smallest absolute Gasteiger partial charge is 0.274 e. The van der Waals surface area contributed by atoms with E-state index in [0.29, 0.717) is 24.4 Å². The SMILES string of the molecule is O=C(c1cc2ncccn2n1)N1CCN(Cc2ccc(Cl)cc2)CC1. The van der Waals surface area contributed by atoms with Gasteiger partial charge in [-0.3, -0.25) is 9.69 Å². The van der Waals surface area contributed by atoms with Crippen LogP contribution in [0.2, 0.25) is 5.02 Å². The van der Waals surface area contributed by atoms with Crippen molar-refractivity contribution in [1.29, 1.82) is 0 Å². The molecule has 3 aromatic rings. The standard InChI is InChI=1S/C18H18ClN5O/c19-15-4-2-14(3-5-15)13-22-8-10-23(11-9-22)18(25)16-12-17-20-6-1-7-24(17)21-16/h1-7,12H,8-11,13H2. The summed E-state index contributed by atoms with van der Waals surface area (Å²) in [5, 5.41) is 5.07. The van der Waals surface area contributed by atoms with Gasteiger partial charge in [-0.1, -0.05) is 23.7 Å². The van der Waals surface area contributed by atoms with E-state index < -0.39 is 0 Å². The maximum atomic E-state index is 12.7. The minimum absolute atomic E-state index is 0.0309. The summed E-state index contributed by atoms with van der Waals surface area (Å²) < 4.78 is 1.63. The number of hydrogen-bond acceptors (Lipinski definition) is 4. The molecule has 1 aliphatic rings. The van der Waals surface area contributed by atoms with Gasteiger partial charge in [-0.2, -0.15) is 5.10 Å². The first kappa shape index (κ1) is 16.1. The van der Waals surface area contributed by atoms with Crippen LogP contribution in [-0.4, -0.2) is 56.5 Å². The molecule has 0 bridgehead atoms. The molecular formula is C18H18ClN5O. The molecule has 0 aliphatic carbocycles. The number of rotatable bonds is 3. The molecule has 25 heavy (non-hydrogen) atoms. The lowest BCUT2D eigenvalue weighted by Crippen LogP contribution is -2.48. The average molecular weight is 356 g/mol. The number of piperazine rings is 1. The molecule has 1 aliphatic heterocycles. The van der Waals surface area contributed by atoms with Crippen LogP contribution in [0.5, 0.6) is 0 Å². The Balaban J connectivity index is 1.37. The highest BCUT2D eigenvalue weighted by Crippen LogP contribution is 2.14. The number of fused-ring (bicyclic) bond motifs is 1. The summed E-state index contributed by atoms with van der Waals surface area (Å²) in [7, 11) is 0. The summed E-state index contributed by atoms with van der Waals surface area (Å²) >= 11 is 5.93. The van der Waals surface area contributed by atoms with Gasteiger partial charge >= 0.3 is 0 Å². The van der Waals surface area contributed by atoms with Crippen molar-refractivity contribution in [3.8, 4) is 0 Å². The van der Waals surface area contributed by atoms with E-state index in [2.05, 4.69) is 15.0 Å². The lowest BCUT2D eigenvalue weighted by molar-refractivity contribution is 0.0622. The number of benzene rings is 1. The molecule has 1 amide bonds. The van der Waals surface area contributed by atoms with E-state index >= 15 is 0 Å². The highest BCUT2D eigenvalue weighted by molar-refractivity contribution is 6.30. The average Bonchev–Trinajstić information content (AvgIpc) is 3.08. The third-order valence-corrected chi connectivity index (χ3v) is 4.69. The monoisotopic (exact) mass is 355 g/mol. The van der Waals surface area contributed by atoms with Crippen molar-refractivity contribution in [1.82, 2.24) is 24.4 Å². The molecule has 0 spiro atoms. The molecule has 4 rings (SSSR count). The Kier molecular flexibility index (Phi) is 4.38. The molecule has 0 atom stereocenters. The van der Waals surface area contributed by atoms with Crippen LogP contribution in [0.15, 0.2) is 48.8 Å². The van der Waals surface area contributed by atoms with Gasteiger partial charge in [-0.05, 0) is 23.8 Å². The summed E-state index contributed by atoms with van der Waals surface area (Å²) in [5.74, 6) is -0.0309. The van der Waals surface area contributed by atoms with Crippen molar-refractivity contribution in [3.05, 3.63) is 65.1 Å². The molecule has 1 aromatic carbocycles. The van der Waals surface area contributed by atoms with Crippen molar-refractivity contribution < 1.29 is 4.79 Å². The van der Waals surface area contributed by atoms with Crippen LogP contribution in [0.3, 0.4) is 0 Å². The fourth-order valence-electron chi connectivity index (χ4n) is 3.05. The Morgan fingerprint density at radius 2 is 1.88 bits per heavy atom. The molecule has 0 saturated carbocycles. The first-order valence-corrected chi connectivity index (χ1v) is 8.63. The Morgan fingerprint density at radius 1 is 1.12 bits per heavy atom. The Hall–Kier alpha value is -2.44. The number of nitrogens with zero attached hydrogens (tertiary/aromatic N) is 5. The normalized spacial score (nSPS) is 15.6. The van der Waals surface area contributed by atoms with E-state index in [-0.39, 0.29) is 5.91 Å². The lowest BCUT2D eigenvalue weighted by Gasteiger charge is -2.34. The number of amides is 1. The van der Waals surface area contributed by atoms with E-state index in [1.165, 1.54) is 5.56 Å². The maximum Gasteiger partial charge on any atom is 0.274 e. The zero-order valence-corrected chi connectivity index (χ0v) is 14.4. The number of hydrogen-bond donors (Lipinski definition) is 0. The van der Waals surface area contributed by atoms with Crippen molar-refractivity contribution in [2.24, 2.45) is 0 Å². The summed E-state index contributed by atoms with van der Waals surface area (Å²) in [6.07, 6.45) is 3.49.